The number of hydrogen-bond acceptors (Lipinski definition) is 7. The van der Waals surface area contributed by atoms with E-state index in [4.69, 9.17) is 8.39 Å². The van der Waals surface area contributed by atoms with Crippen LogP contribution in [0.1, 0.15) is 5.56 Å². The largest absolute Gasteiger partial charge is 0.403 e. The van der Waals surface area contributed by atoms with Crippen molar-refractivity contribution < 1.29 is 40.2 Å². The lowest BCUT2D eigenvalue weighted by Gasteiger charge is -2.23. The quantitative estimate of drug-likeness (QED) is 0.0490. The second kappa shape index (κ2) is 15.7. The number of non-ortho nitro benzene ring substituents is 2. The van der Waals surface area contributed by atoms with Crippen LogP contribution in [0, 0.1) is 49.3 Å². The van der Waals surface area contributed by atoms with E-state index in [1.807, 2.05) is 72.8 Å². The maximum Gasteiger partial charge on any atom is 0.342 e. The third-order valence-corrected chi connectivity index (χ3v) is 12.7. The lowest BCUT2D eigenvalue weighted by atomic mass is 9.91. The molecular formula is C49H27F5N3O6P. The Labute approximate surface area is 358 Å². The summed E-state index contributed by atoms with van der Waals surface area (Å²) in [4.78, 5) is 22.5. The van der Waals surface area contributed by atoms with E-state index in [2.05, 4.69) is 0 Å². The molecule has 314 valence electrons. The fourth-order valence-electron chi connectivity index (χ4n) is 8.09. The van der Waals surface area contributed by atoms with Crippen molar-refractivity contribution in [2.45, 2.75) is 6.54 Å². The summed E-state index contributed by atoms with van der Waals surface area (Å²) in [6.45, 7) is -0.943. The van der Waals surface area contributed by atoms with Crippen LogP contribution in [0.2, 0.25) is 0 Å². The van der Waals surface area contributed by atoms with Gasteiger partial charge in [0.1, 0.15) is 0 Å². The van der Waals surface area contributed by atoms with E-state index in [1.165, 1.54) is 28.9 Å². The molecule has 10 aromatic rings. The van der Waals surface area contributed by atoms with E-state index in [0.717, 1.165) is 16.2 Å². The topological polar surface area (TPSA) is 116 Å². The molecule has 9 aromatic carbocycles. The molecule has 0 saturated heterocycles. The van der Waals surface area contributed by atoms with Gasteiger partial charge in [-0.25, -0.2) is 22.0 Å². The molecule has 0 fully saturated rings. The standard InChI is InChI=1S/C49H27F5N3O6P/c50-43-40(44(51)46(53)47(54)45(43)52)26-55(35-22-13-27-7-1-2-8-30(27)23-35)64-62-48-38(28-14-18-33(19-15-28)56(58)59)24-31-9-3-5-11-36(31)41(48)42-37-12-6-4-10-32(37)25-39(49(42)63-64)29-16-20-34(21-17-29)57(60)61/h1-25H,26H2. The highest BCUT2D eigenvalue weighted by atomic mass is 31.1. The maximum absolute atomic E-state index is 15.8. The molecule has 64 heavy (non-hydrogen) atoms. The van der Waals surface area contributed by atoms with Gasteiger partial charge in [0.25, 0.3) is 11.4 Å². The molecule has 0 saturated carbocycles. The van der Waals surface area contributed by atoms with Gasteiger partial charge in [0.2, 0.25) is 5.82 Å². The van der Waals surface area contributed by atoms with Crippen LogP contribution in [0.4, 0.5) is 39.0 Å². The number of nitro benzene ring substituents is 2. The minimum atomic E-state index is -2.75. The van der Waals surface area contributed by atoms with Crippen molar-refractivity contribution in [3.8, 4) is 22.3 Å². The first-order valence-electron chi connectivity index (χ1n) is 19.5. The first-order valence-corrected chi connectivity index (χ1v) is 20.6. The SMILES string of the molecule is O=[N+]([O-])c1ccc(-c2cc3ccccc3c3c2op(N(Cc2c(F)c(F)c(F)c(F)c2F)c2ccc4ccccc4c2)oc2c(-c4ccc([N+](=O)[O-])cc4)cc4ccccc4c23)cc1. The smallest absolute Gasteiger partial charge is 0.342 e. The number of anilines is 1. The number of nitrogens with zero attached hydrogens (tertiary/aromatic N) is 3. The summed E-state index contributed by atoms with van der Waals surface area (Å²) in [6, 6.07) is 42.4. The average Bonchev–Trinajstić information content (AvgIpc) is 3.50. The molecule has 15 heteroatoms. The van der Waals surface area contributed by atoms with Crippen molar-refractivity contribution in [2.75, 3.05) is 4.67 Å². The van der Waals surface area contributed by atoms with Crippen LogP contribution >= 0.6 is 8.16 Å². The Balaban J connectivity index is 1.42. The summed E-state index contributed by atoms with van der Waals surface area (Å²) >= 11 is 0. The van der Waals surface area contributed by atoms with E-state index in [9.17, 15) is 24.6 Å². The fraction of sp³-hybridized carbons (Fsp3) is 0.0204. The Morgan fingerprint density at radius 3 is 1.38 bits per heavy atom. The zero-order valence-electron chi connectivity index (χ0n) is 32.8. The third-order valence-electron chi connectivity index (χ3n) is 11.2. The molecule has 0 aliphatic rings. The monoisotopic (exact) mass is 879 g/mol. The van der Waals surface area contributed by atoms with E-state index in [-0.39, 0.29) is 28.2 Å². The highest BCUT2D eigenvalue weighted by Gasteiger charge is 2.30. The summed E-state index contributed by atoms with van der Waals surface area (Å²) in [5, 5.41) is 28.8. The molecule has 1 aromatic heterocycles. The Bertz CT molecular complexity index is 3440. The van der Waals surface area contributed by atoms with Gasteiger partial charge >= 0.3 is 8.16 Å². The first-order chi connectivity index (χ1) is 31.0. The van der Waals surface area contributed by atoms with Crippen molar-refractivity contribution in [1.82, 2.24) is 0 Å². The normalized spacial score (nSPS) is 11.5. The average molecular weight is 880 g/mol. The van der Waals surface area contributed by atoms with Gasteiger partial charge in [0.15, 0.2) is 34.4 Å². The summed E-state index contributed by atoms with van der Waals surface area (Å²) in [5.41, 5.74) is 0.962. The van der Waals surface area contributed by atoms with Crippen LogP contribution in [0.15, 0.2) is 160 Å². The molecule has 0 unspecified atom stereocenters. The van der Waals surface area contributed by atoms with Gasteiger partial charge in [-0.15, -0.1) is 0 Å². The fourth-order valence-corrected chi connectivity index (χ4v) is 9.59. The molecule has 0 N–H and O–H groups in total. The van der Waals surface area contributed by atoms with Gasteiger partial charge in [-0.05, 0) is 92.0 Å². The zero-order valence-corrected chi connectivity index (χ0v) is 33.7. The minimum absolute atomic E-state index is 0.170. The molecule has 0 bridgehead atoms. The van der Waals surface area contributed by atoms with Crippen LogP contribution < -0.4 is 4.67 Å². The van der Waals surface area contributed by atoms with Crippen molar-refractivity contribution in [3.63, 3.8) is 0 Å². The number of hydrogen-bond donors (Lipinski definition) is 0. The van der Waals surface area contributed by atoms with Gasteiger partial charge in [-0.2, -0.15) is 0 Å². The number of nitro groups is 2. The number of rotatable bonds is 8. The predicted octanol–water partition coefficient (Wildman–Crippen LogP) is 15.1. The van der Waals surface area contributed by atoms with Gasteiger partial charge in [0, 0.05) is 46.2 Å². The third kappa shape index (κ3) is 6.72. The zero-order chi connectivity index (χ0) is 44.4. The molecule has 0 spiro atoms. The summed E-state index contributed by atoms with van der Waals surface area (Å²) in [6.07, 6.45) is 0. The van der Waals surface area contributed by atoms with E-state index in [0.29, 0.717) is 49.2 Å². The van der Waals surface area contributed by atoms with Crippen LogP contribution in [0.25, 0.3) is 76.5 Å². The van der Waals surface area contributed by atoms with E-state index >= 15 is 17.6 Å². The van der Waals surface area contributed by atoms with Gasteiger partial charge in [0.05, 0.1) is 27.6 Å². The highest BCUT2D eigenvalue weighted by Crippen LogP contribution is 2.50. The number of benzene rings is 9. The van der Waals surface area contributed by atoms with Crippen LogP contribution in [0.3, 0.4) is 0 Å². The number of halogens is 5. The lowest BCUT2D eigenvalue weighted by Crippen LogP contribution is -2.18. The number of fused-ring (bicyclic) bond motifs is 8. The van der Waals surface area contributed by atoms with Crippen molar-refractivity contribution in [1.29, 1.82) is 0 Å². The second-order valence-corrected chi connectivity index (χ2v) is 16.2. The van der Waals surface area contributed by atoms with Crippen molar-refractivity contribution in [3.05, 3.63) is 207 Å². The summed E-state index contributed by atoms with van der Waals surface area (Å²) in [7, 11) is -2.75. The predicted molar refractivity (Wildman–Crippen MR) is 237 cm³/mol. The highest BCUT2D eigenvalue weighted by molar-refractivity contribution is 7.39. The Hall–Kier alpha value is -8.09. The molecule has 10 rings (SSSR count). The molecular weight excluding hydrogens is 853 g/mol. The molecule has 1 heterocycles. The minimum Gasteiger partial charge on any atom is -0.403 e. The Morgan fingerprint density at radius 2 is 0.906 bits per heavy atom. The van der Waals surface area contributed by atoms with Crippen LogP contribution in [-0.4, -0.2) is 9.85 Å². The van der Waals surface area contributed by atoms with Gasteiger partial charge in [-0.1, -0.05) is 78.9 Å². The molecule has 0 aliphatic carbocycles. The van der Waals surface area contributed by atoms with E-state index in [1.54, 1.807) is 54.6 Å². The molecule has 0 aliphatic heterocycles. The molecule has 0 radical (unpaired) electrons. The van der Waals surface area contributed by atoms with E-state index < -0.39 is 59.2 Å². The van der Waals surface area contributed by atoms with Crippen molar-refractivity contribution >= 4 is 79.5 Å². The van der Waals surface area contributed by atoms with Gasteiger partial charge < -0.3 is 8.39 Å². The van der Waals surface area contributed by atoms with Crippen molar-refractivity contribution in [2.24, 2.45) is 0 Å². The molecule has 0 amide bonds. The summed E-state index contributed by atoms with van der Waals surface area (Å²) in [5.74, 6) is -10.6. The molecule has 0 atom stereocenters. The maximum atomic E-state index is 15.8. The first kappa shape index (κ1) is 40.0. The van der Waals surface area contributed by atoms with Gasteiger partial charge in [-0.3, -0.25) is 24.9 Å². The lowest BCUT2D eigenvalue weighted by molar-refractivity contribution is -0.385. The molecule has 9 nitrogen and oxygen atoms in total. The second-order valence-electron chi connectivity index (χ2n) is 14.9. The Kier molecular flexibility index (Phi) is 9.80. The summed E-state index contributed by atoms with van der Waals surface area (Å²) < 4.78 is 91.7. The van der Waals surface area contributed by atoms with Crippen LogP contribution in [-0.2, 0) is 6.54 Å². The van der Waals surface area contributed by atoms with Crippen LogP contribution in [0.5, 0.6) is 0 Å². The Morgan fingerprint density at radius 1 is 0.484 bits per heavy atom.